The number of hydrogen-bond acceptors (Lipinski definition) is 4. The van der Waals surface area contributed by atoms with Crippen molar-refractivity contribution in [3.05, 3.63) is 22.3 Å². The molecule has 4 heteroatoms. The van der Waals surface area contributed by atoms with E-state index in [0.29, 0.717) is 13.0 Å². The minimum absolute atomic E-state index is 0.164. The van der Waals surface area contributed by atoms with Crippen molar-refractivity contribution in [3.63, 3.8) is 0 Å². The number of fused-ring (bicyclic) bond motifs is 1. The molecular formula is C23H38N2O2. The van der Waals surface area contributed by atoms with E-state index < -0.39 is 0 Å². The Hall–Kier alpha value is -1.71. The van der Waals surface area contributed by atoms with Crippen LogP contribution >= 0.6 is 0 Å². The third kappa shape index (κ3) is 5.40. The molecule has 152 valence electrons. The Morgan fingerprint density at radius 1 is 1.07 bits per heavy atom. The van der Waals surface area contributed by atoms with E-state index in [2.05, 4.69) is 25.7 Å². The summed E-state index contributed by atoms with van der Waals surface area (Å²) in [5.41, 5.74) is 13.4. The van der Waals surface area contributed by atoms with Crippen molar-refractivity contribution in [2.45, 2.75) is 85.5 Å². The fraction of sp³-hybridized carbons (Fsp3) is 0.696. The van der Waals surface area contributed by atoms with Crippen molar-refractivity contribution >= 4 is 17.3 Å². The number of unbranched alkanes of at least 4 members (excludes halogenated alkanes) is 5. The first-order valence-electron chi connectivity index (χ1n) is 10.8. The lowest BCUT2D eigenvalue weighted by atomic mass is 9.87. The summed E-state index contributed by atoms with van der Waals surface area (Å²) in [5, 5.41) is 0. The molecule has 1 aromatic rings. The highest BCUT2D eigenvalue weighted by Gasteiger charge is 2.25. The second-order valence-corrected chi connectivity index (χ2v) is 7.81. The SMILES string of the molecule is CCCCCCCCN1CCCc2c(C)c(CC(=O)OCC)c(C)c(N)c21. The molecule has 1 aliphatic heterocycles. The van der Waals surface area contributed by atoms with Crippen LogP contribution in [-0.4, -0.2) is 25.7 Å². The molecule has 27 heavy (non-hydrogen) atoms. The Morgan fingerprint density at radius 3 is 2.48 bits per heavy atom. The van der Waals surface area contributed by atoms with E-state index in [1.165, 1.54) is 55.3 Å². The maximum absolute atomic E-state index is 12.0. The average molecular weight is 375 g/mol. The topological polar surface area (TPSA) is 55.6 Å². The quantitative estimate of drug-likeness (QED) is 0.351. The van der Waals surface area contributed by atoms with Gasteiger partial charge in [-0.2, -0.15) is 0 Å². The molecule has 2 N–H and O–H groups in total. The van der Waals surface area contributed by atoms with Gasteiger partial charge in [-0.15, -0.1) is 0 Å². The molecule has 0 aromatic heterocycles. The third-order valence-electron chi connectivity index (χ3n) is 5.88. The van der Waals surface area contributed by atoms with Crippen LogP contribution in [0.3, 0.4) is 0 Å². The zero-order chi connectivity index (χ0) is 19.8. The molecule has 0 atom stereocenters. The molecule has 0 amide bonds. The van der Waals surface area contributed by atoms with Gasteiger partial charge in [0, 0.05) is 13.1 Å². The van der Waals surface area contributed by atoms with Crippen molar-refractivity contribution in [3.8, 4) is 0 Å². The number of benzene rings is 1. The standard InChI is InChI=1S/C23H38N2O2/c1-5-7-8-9-10-11-14-25-15-12-13-19-17(3)20(16-21(26)27-6-2)18(4)22(24)23(19)25/h5-16,24H2,1-4H3. The molecule has 0 bridgehead atoms. The molecule has 0 spiro atoms. The molecule has 0 aliphatic carbocycles. The van der Waals surface area contributed by atoms with Crippen LogP contribution in [0, 0.1) is 13.8 Å². The summed E-state index contributed by atoms with van der Waals surface area (Å²) >= 11 is 0. The average Bonchev–Trinajstić information content (AvgIpc) is 2.66. The number of carbonyl (C=O) groups excluding carboxylic acids is 1. The second kappa shape index (κ2) is 10.6. The molecule has 1 heterocycles. The van der Waals surface area contributed by atoms with Gasteiger partial charge in [0.25, 0.3) is 0 Å². The van der Waals surface area contributed by atoms with E-state index in [9.17, 15) is 4.79 Å². The van der Waals surface area contributed by atoms with Gasteiger partial charge in [0.15, 0.2) is 0 Å². The van der Waals surface area contributed by atoms with E-state index >= 15 is 0 Å². The molecule has 0 unspecified atom stereocenters. The first-order chi connectivity index (χ1) is 13.0. The lowest BCUT2D eigenvalue weighted by Gasteiger charge is -2.35. The summed E-state index contributed by atoms with van der Waals surface area (Å²) < 4.78 is 5.16. The number of nitrogen functional groups attached to an aromatic ring is 1. The number of carbonyl (C=O) groups is 1. The summed E-state index contributed by atoms with van der Waals surface area (Å²) in [6.45, 7) is 10.9. The number of rotatable bonds is 10. The van der Waals surface area contributed by atoms with Gasteiger partial charge in [-0.1, -0.05) is 39.0 Å². The Kier molecular flexibility index (Phi) is 8.46. The lowest BCUT2D eigenvalue weighted by Crippen LogP contribution is -2.32. The molecule has 0 saturated heterocycles. The van der Waals surface area contributed by atoms with Crippen LogP contribution in [0.2, 0.25) is 0 Å². The van der Waals surface area contributed by atoms with Crippen LogP contribution in [0.4, 0.5) is 11.4 Å². The van der Waals surface area contributed by atoms with E-state index in [1.54, 1.807) is 0 Å². The minimum atomic E-state index is -0.164. The predicted molar refractivity (Wildman–Crippen MR) is 115 cm³/mol. The number of nitrogens with two attached hydrogens (primary N) is 1. The highest BCUT2D eigenvalue weighted by molar-refractivity contribution is 5.82. The summed E-state index contributed by atoms with van der Waals surface area (Å²) in [7, 11) is 0. The molecule has 1 aromatic carbocycles. The van der Waals surface area contributed by atoms with Gasteiger partial charge < -0.3 is 15.4 Å². The normalized spacial score (nSPS) is 13.6. The summed E-state index contributed by atoms with van der Waals surface area (Å²) in [5.74, 6) is -0.164. The molecule has 0 radical (unpaired) electrons. The van der Waals surface area contributed by atoms with Crippen LogP contribution in [0.25, 0.3) is 0 Å². The van der Waals surface area contributed by atoms with Crippen LogP contribution in [0.5, 0.6) is 0 Å². The van der Waals surface area contributed by atoms with Crippen LogP contribution in [0.15, 0.2) is 0 Å². The van der Waals surface area contributed by atoms with Gasteiger partial charge >= 0.3 is 5.97 Å². The van der Waals surface area contributed by atoms with Crippen molar-refractivity contribution in [2.24, 2.45) is 0 Å². The fourth-order valence-electron chi connectivity index (χ4n) is 4.30. The molecule has 0 fully saturated rings. The van der Waals surface area contributed by atoms with Gasteiger partial charge in [0.1, 0.15) is 0 Å². The Balaban J connectivity index is 2.15. The minimum Gasteiger partial charge on any atom is -0.466 e. The molecule has 1 aliphatic rings. The molecule has 0 saturated carbocycles. The summed E-state index contributed by atoms with van der Waals surface area (Å²) in [6, 6.07) is 0. The number of hydrogen-bond donors (Lipinski definition) is 1. The third-order valence-corrected chi connectivity index (χ3v) is 5.88. The van der Waals surface area contributed by atoms with Gasteiger partial charge in [-0.25, -0.2) is 0 Å². The Labute approximate surface area is 165 Å². The van der Waals surface area contributed by atoms with Crippen LogP contribution in [-0.2, 0) is 22.4 Å². The zero-order valence-corrected chi connectivity index (χ0v) is 17.8. The number of ether oxygens (including phenoxy) is 1. The molecule has 4 nitrogen and oxygen atoms in total. The van der Waals surface area contributed by atoms with Crippen molar-refractivity contribution < 1.29 is 9.53 Å². The van der Waals surface area contributed by atoms with E-state index in [4.69, 9.17) is 10.5 Å². The molecular weight excluding hydrogens is 336 g/mol. The number of nitrogens with zero attached hydrogens (tertiary/aromatic N) is 1. The Bertz CT molecular complexity index is 640. The smallest absolute Gasteiger partial charge is 0.310 e. The van der Waals surface area contributed by atoms with Gasteiger partial charge in [-0.05, 0) is 62.3 Å². The lowest BCUT2D eigenvalue weighted by molar-refractivity contribution is -0.142. The first-order valence-corrected chi connectivity index (χ1v) is 10.8. The van der Waals surface area contributed by atoms with Crippen LogP contribution in [0.1, 0.15) is 81.0 Å². The largest absolute Gasteiger partial charge is 0.466 e. The fourth-order valence-corrected chi connectivity index (χ4v) is 4.30. The Morgan fingerprint density at radius 2 is 1.78 bits per heavy atom. The summed E-state index contributed by atoms with van der Waals surface area (Å²) in [4.78, 5) is 14.5. The number of esters is 1. The maximum atomic E-state index is 12.0. The maximum Gasteiger partial charge on any atom is 0.310 e. The van der Waals surface area contributed by atoms with Crippen molar-refractivity contribution in [1.82, 2.24) is 0 Å². The first kappa shape index (κ1) is 21.6. The van der Waals surface area contributed by atoms with Gasteiger partial charge in [0.2, 0.25) is 0 Å². The van der Waals surface area contributed by atoms with E-state index in [0.717, 1.165) is 42.7 Å². The highest BCUT2D eigenvalue weighted by Crippen LogP contribution is 2.40. The number of anilines is 2. The van der Waals surface area contributed by atoms with Gasteiger partial charge in [0.05, 0.1) is 24.4 Å². The molecule has 2 rings (SSSR count). The van der Waals surface area contributed by atoms with Crippen molar-refractivity contribution in [2.75, 3.05) is 30.3 Å². The second-order valence-electron chi connectivity index (χ2n) is 7.81. The van der Waals surface area contributed by atoms with E-state index in [-0.39, 0.29) is 5.97 Å². The van der Waals surface area contributed by atoms with E-state index in [1.807, 2.05) is 6.92 Å². The monoisotopic (exact) mass is 374 g/mol. The summed E-state index contributed by atoms with van der Waals surface area (Å²) in [6.07, 6.45) is 10.4. The van der Waals surface area contributed by atoms with Crippen molar-refractivity contribution in [1.29, 1.82) is 0 Å². The van der Waals surface area contributed by atoms with Gasteiger partial charge in [-0.3, -0.25) is 4.79 Å². The zero-order valence-electron chi connectivity index (χ0n) is 17.8. The predicted octanol–water partition coefficient (Wildman–Crippen LogP) is 5.10. The highest BCUT2D eigenvalue weighted by atomic mass is 16.5. The van der Waals surface area contributed by atoms with Crippen LogP contribution < -0.4 is 10.6 Å².